The molecule has 1 saturated carbocycles. The van der Waals surface area contributed by atoms with Crippen LogP contribution in [0.2, 0.25) is 0 Å². The first-order chi connectivity index (χ1) is 4.48. The van der Waals surface area contributed by atoms with Crippen LogP contribution in [0, 0.1) is 11.8 Å². The third-order valence-electron chi connectivity index (χ3n) is 2.26. The van der Waals surface area contributed by atoms with Gasteiger partial charge < -0.3 is 10.8 Å². The molecule has 0 heterocycles. The Morgan fingerprint density at radius 1 is 1.73 bits per heavy atom. The molecule has 0 amide bonds. The summed E-state index contributed by atoms with van der Waals surface area (Å²) in [5.74, 6) is -0.280. The molecule has 4 heteroatoms. The van der Waals surface area contributed by atoms with Crippen LogP contribution in [-0.4, -0.2) is 16.6 Å². The molecule has 0 spiro atoms. The van der Waals surface area contributed by atoms with Crippen molar-refractivity contribution in [2.45, 2.75) is 25.8 Å². The van der Waals surface area contributed by atoms with Gasteiger partial charge in [-0.2, -0.15) is 0 Å². The van der Waals surface area contributed by atoms with Gasteiger partial charge in [-0.25, -0.2) is 0 Å². The van der Waals surface area contributed by atoms with E-state index in [-0.39, 0.29) is 18.3 Å². The number of hydrogen-bond acceptors (Lipinski definition) is 2. The van der Waals surface area contributed by atoms with E-state index in [1.807, 2.05) is 13.8 Å². The van der Waals surface area contributed by atoms with E-state index >= 15 is 0 Å². The number of aliphatic carboxylic acids is 1. The smallest absolute Gasteiger partial charge is 0.323 e. The second-order valence-corrected chi connectivity index (χ2v) is 3.40. The lowest BCUT2D eigenvalue weighted by Gasteiger charge is -2.06. The first-order valence-electron chi connectivity index (χ1n) is 3.50. The molecule has 2 atom stereocenters. The number of rotatable bonds is 2. The first-order valence-corrected chi connectivity index (χ1v) is 3.50. The summed E-state index contributed by atoms with van der Waals surface area (Å²) in [4.78, 5) is 10.5. The fourth-order valence-corrected chi connectivity index (χ4v) is 1.38. The molecule has 1 rings (SSSR count). The number of halogens is 1. The highest BCUT2D eigenvalue weighted by molar-refractivity contribution is 5.85. The SMILES string of the molecule is CC(C)[C@@H]1C[C@]1(N)C(=O)O.Cl. The van der Waals surface area contributed by atoms with Gasteiger partial charge in [0.2, 0.25) is 0 Å². The zero-order valence-corrected chi connectivity index (χ0v) is 7.52. The van der Waals surface area contributed by atoms with Crippen molar-refractivity contribution in [1.82, 2.24) is 0 Å². The third kappa shape index (κ3) is 1.65. The Kier molecular flexibility index (Phi) is 2.91. The molecule has 1 aliphatic rings. The lowest BCUT2D eigenvalue weighted by Crippen LogP contribution is -2.36. The van der Waals surface area contributed by atoms with Crippen molar-refractivity contribution in [2.24, 2.45) is 17.6 Å². The molecule has 11 heavy (non-hydrogen) atoms. The number of nitrogens with two attached hydrogens (primary N) is 1. The van der Waals surface area contributed by atoms with Crippen LogP contribution >= 0.6 is 12.4 Å². The Hall–Kier alpha value is -0.280. The summed E-state index contributed by atoms with van der Waals surface area (Å²) >= 11 is 0. The molecule has 0 bridgehead atoms. The van der Waals surface area contributed by atoms with E-state index in [1.165, 1.54) is 0 Å². The predicted molar refractivity (Wildman–Crippen MR) is 44.7 cm³/mol. The number of carbonyl (C=O) groups is 1. The maximum atomic E-state index is 10.5. The largest absolute Gasteiger partial charge is 0.480 e. The maximum Gasteiger partial charge on any atom is 0.323 e. The average Bonchev–Trinajstić information content (AvgIpc) is 2.43. The summed E-state index contributed by atoms with van der Waals surface area (Å²) in [6.45, 7) is 4.00. The van der Waals surface area contributed by atoms with E-state index < -0.39 is 11.5 Å². The average molecular weight is 180 g/mol. The van der Waals surface area contributed by atoms with Crippen LogP contribution in [0.5, 0.6) is 0 Å². The minimum absolute atomic E-state index is 0. The highest BCUT2D eigenvalue weighted by Crippen LogP contribution is 2.46. The van der Waals surface area contributed by atoms with Crippen molar-refractivity contribution in [3.05, 3.63) is 0 Å². The van der Waals surface area contributed by atoms with Crippen molar-refractivity contribution < 1.29 is 9.90 Å². The van der Waals surface area contributed by atoms with Crippen LogP contribution in [-0.2, 0) is 4.79 Å². The van der Waals surface area contributed by atoms with Crippen LogP contribution in [0.1, 0.15) is 20.3 Å². The molecule has 0 aromatic heterocycles. The lowest BCUT2D eigenvalue weighted by molar-refractivity contribution is -0.140. The summed E-state index contributed by atoms with van der Waals surface area (Å²) in [7, 11) is 0. The molecule has 0 aromatic rings. The summed E-state index contributed by atoms with van der Waals surface area (Å²) in [5, 5.41) is 8.61. The number of carboxylic acid groups (broad SMARTS) is 1. The number of carboxylic acids is 1. The van der Waals surface area contributed by atoms with Crippen molar-refractivity contribution in [3.8, 4) is 0 Å². The first kappa shape index (κ1) is 10.7. The Balaban J connectivity index is 0.000001000. The normalized spacial score (nSPS) is 34.7. The quantitative estimate of drug-likeness (QED) is 0.661. The minimum atomic E-state index is -0.895. The summed E-state index contributed by atoms with van der Waals surface area (Å²) in [6.07, 6.45) is 0.639. The topological polar surface area (TPSA) is 63.3 Å². The highest BCUT2D eigenvalue weighted by Gasteiger charge is 2.58. The third-order valence-corrected chi connectivity index (χ3v) is 2.26. The second kappa shape index (κ2) is 2.99. The lowest BCUT2D eigenvalue weighted by atomic mass is 10.1. The van der Waals surface area contributed by atoms with Crippen molar-refractivity contribution in [3.63, 3.8) is 0 Å². The van der Waals surface area contributed by atoms with Crippen LogP contribution in [0.15, 0.2) is 0 Å². The highest BCUT2D eigenvalue weighted by atomic mass is 35.5. The molecule has 1 aliphatic carbocycles. The van der Waals surface area contributed by atoms with Gasteiger partial charge in [0.1, 0.15) is 5.54 Å². The summed E-state index contributed by atoms with van der Waals surface area (Å²) in [5.41, 5.74) is 4.64. The fourth-order valence-electron chi connectivity index (χ4n) is 1.38. The summed E-state index contributed by atoms with van der Waals surface area (Å²) < 4.78 is 0. The van der Waals surface area contributed by atoms with E-state index in [1.54, 1.807) is 0 Å². The van der Waals surface area contributed by atoms with E-state index in [2.05, 4.69) is 0 Å². The van der Waals surface area contributed by atoms with Gasteiger partial charge in [-0.15, -0.1) is 12.4 Å². The molecular weight excluding hydrogens is 166 g/mol. The van der Waals surface area contributed by atoms with Crippen LogP contribution < -0.4 is 5.73 Å². The van der Waals surface area contributed by atoms with Crippen molar-refractivity contribution in [1.29, 1.82) is 0 Å². The molecule has 0 radical (unpaired) electrons. The Morgan fingerprint density at radius 3 is 2.27 bits per heavy atom. The molecule has 1 fully saturated rings. The van der Waals surface area contributed by atoms with Gasteiger partial charge in [-0.05, 0) is 18.3 Å². The minimum Gasteiger partial charge on any atom is -0.480 e. The zero-order chi connectivity index (χ0) is 7.94. The van der Waals surface area contributed by atoms with Crippen LogP contribution in [0.3, 0.4) is 0 Å². The van der Waals surface area contributed by atoms with E-state index in [9.17, 15) is 4.79 Å². The molecule has 66 valence electrons. The van der Waals surface area contributed by atoms with Gasteiger partial charge in [0, 0.05) is 0 Å². The van der Waals surface area contributed by atoms with E-state index in [4.69, 9.17) is 10.8 Å². The fraction of sp³-hybridized carbons (Fsp3) is 0.857. The van der Waals surface area contributed by atoms with E-state index in [0.29, 0.717) is 12.3 Å². The molecule has 0 unspecified atom stereocenters. The van der Waals surface area contributed by atoms with Crippen molar-refractivity contribution in [2.75, 3.05) is 0 Å². The monoisotopic (exact) mass is 179 g/mol. The van der Waals surface area contributed by atoms with Gasteiger partial charge in [0.25, 0.3) is 0 Å². The Labute approximate surface area is 72.4 Å². The zero-order valence-electron chi connectivity index (χ0n) is 6.70. The number of hydrogen-bond donors (Lipinski definition) is 2. The van der Waals surface area contributed by atoms with Crippen LogP contribution in [0.25, 0.3) is 0 Å². The Morgan fingerprint density at radius 2 is 2.18 bits per heavy atom. The molecule has 3 nitrogen and oxygen atoms in total. The van der Waals surface area contributed by atoms with Gasteiger partial charge in [0.15, 0.2) is 0 Å². The Bertz CT molecular complexity index is 172. The van der Waals surface area contributed by atoms with Gasteiger partial charge in [-0.1, -0.05) is 13.8 Å². The van der Waals surface area contributed by atoms with Gasteiger partial charge in [-0.3, -0.25) is 4.79 Å². The van der Waals surface area contributed by atoms with Gasteiger partial charge >= 0.3 is 5.97 Å². The summed E-state index contributed by atoms with van der Waals surface area (Å²) in [6, 6.07) is 0. The standard InChI is InChI=1S/C7H13NO2.ClH/c1-4(2)5-3-7(5,8)6(9)10;/h4-5H,3,8H2,1-2H3,(H,9,10);1H/t5-,7+;/m0./s1. The van der Waals surface area contributed by atoms with Gasteiger partial charge in [0.05, 0.1) is 0 Å². The predicted octanol–water partition coefficient (Wildman–Crippen LogP) is 0.866. The second-order valence-electron chi connectivity index (χ2n) is 3.40. The van der Waals surface area contributed by atoms with Crippen molar-refractivity contribution >= 4 is 18.4 Å². The molecule has 0 aromatic carbocycles. The molecule has 0 saturated heterocycles. The molecule has 0 aliphatic heterocycles. The molecular formula is C7H14ClNO2. The van der Waals surface area contributed by atoms with Crippen LogP contribution in [0.4, 0.5) is 0 Å². The maximum absolute atomic E-state index is 10.5. The van der Waals surface area contributed by atoms with E-state index in [0.717, 1.165) is 0 Å². The molecule has 3 N–H and O–H groups in total.